The van der Waals surface area contributed by atoms with Crippen molar-refractivity contribution in [2.24, 2.45) is 0 Å². The average Bonchev–Trinajstić information content (AvgIpc) is 2.01. The van der Waals surface area contributed by atoms with Gasteiger partial charge in [-0.15, -0.1) is 0 Å². The summed E-state index contributed by atoms with van der Waals surface area (Å²) in [6, 6.07) is 2.80. The van der Waals surface area contributed by atoms with Gasteiger partial charge in [0.1, 0.15) is 12.1 Å². The molecule has 58 valence electrons. The third-order valence-corrected chi connectivity index (χ3v) is 0.600. The van der Waals surface area contributed by atoms with Gasteiger partial charge in [0.2, 0.25) is 0 Å². The Bertz CT molecular complexity index is 200. The molecule has 11 heavy (non-hydrogen) atoms. The van der Waals surface area contributed by atoms with Crippen LogP contribution < -0.4 is 0 Å². The Balaban J connectivity index is 3.77. The van der Waals surface area contributed by atoms with Crippen LogP contribution in [0.5, 0.6) is 0 Å². The molecule has 0 aliphatic rings. The van der Waals surface area contributed by atoms with Gasteiger partial charge in [0.15, 0.2) is 0 Å². The van der Waals surface area contributed by atoms with Gasteiger partial charge >= 0.3 is 6.16 Å². The van der Waals surface area contributed by atoms with Crippen molar-refractivity contribution < 1.29 is 19.3 Å². The van der Waals surface area contributed by atoms with Crippen LogP contribution in [0, 0.1) is 22.7 Å². The lowest BCUT2D eigenvalue weighted by Gasteiger charge is -2.00. The van der Waals surface area contributed by atoms with E-state index in [1.165, 1.54) is 12.1 Å². The molecule has 6 heteroatoms. The molecule has 0 heterocycles. The molecule has 0 rings (SSSR count). The second-order valence-corrected chi connectivity index (χ2v) is 1.26. The highest BCUT2D eigenvalue weighted by molar-refractivity contribution is 5.60. The summed E-state index contributed by atoms with van der Waals surface area (Å²) in [5, 5.41) is 16.2. The quantitative estimate of drug-likeness (QED) is 0.320. The second-order valence-electron chi connectivity index (χ2n) is 1.26. The van der Waals surface area contributed by atoms with E-state index in [0.29, 0.717) is 0 Å². The fourth-order valence-electron chi connectivity index (χ4n) is 0.265. The van der Waals surface area contributed by atoms with Gasteiger partial charge in [-0.05, 0) is 0 Å². The molecule has 0 fully saturated rings. The zero-order chi connectivity index (χ0) is 8.69. The van der Waals surface area contributed by atoms with E-state index in [0.717, 1.165) is 7.11 Å². The van der Waals surface area contributed by atoms with Crippen molar-refractivity contribution in [2.45, 2.75) is 6.10 Å². The standard InChI is InChI=1S/C5H4N2O4/c1-9-11-5(8)10-4(2-6)3-7/h4H,1H3. The normalized spacial score (nSPS) is 8.00. The highest BCUT2D eigenvalue weighted by atomic mass is 17.2. The van der Waals surface area contributed by atoms with E-state index in [2.05, 4.69) is 14.5 Å². The molecule has 6 nitrogen and oxygen atoms in total. The van der Waals surface area contributed by atoms with Crippen LogP contribution in [0.15, 0.2) is 0 Å². The molecule has 0 spiro atoms. The Kier molecular flexibility index (Phi) is 4.21. The number of nitriles is 2. The van der Waals surface area contributed by atoms with Crippen molar-refractivity contribution in [3.05, 3.63) is 0 Å². The van der Waals surface area contributed by atoms with Crippen molar-refractivity contribution in [1.82, 2.24) is 0 Å². The average molecular weight is 156 g/mol. The first-order valence-electron chi connectivity index (χ1n) is 2.45. The van der Waals surface area contributed by atoms with Crippen LogP contribution in [0.25, 0.3) is 0 Å². The van der Waals surface area contributed by atoms with E-state index < -0.39 is 12.3 Å². The van der Waals surface area contributed by atoms with Crippen LogP contribution >= 0.6 is 0 Å². The van der Waals surface area contributed by atoms with Crippen molar-refractivity contribution in [2.75, 3.05) is 7.11 Å². The first-order valence-corrected chi connectivity index (χ1v) is 2.45. The van der Waals surface area contributed by atoms with Crippen LogP contribution in [0.1, 0.15) is 0 Å². The van der Waals surface area contributed by atoms with Gasteiger partial charge in [-0.1, -0.05) is 0 Å². The number of rotatable bonds is 2. The Morgan fingerprint density at radius 3 is 2.36 bits per heavy atom. The summed E-state index contributed by atoms with van der Waals surface area (Å²) in [6.07, 6.45) is -2.68. The molecule has 0 atom stereocenters. The minimum absolute atomic E-state index is 1.09. The van der Waals surface area contributed by atoms with Crippen LogP contribution in [0.2, 0.25) is 0 Å². The number of hydrogen-bond acceptors (Lipinski definition) is 6. The Morgan fingerprint density at radius 1 is 1.45 bits per heavy atom. The lowest BCUT2D eigenvalue weighted by atomic mass is 10.4. The maximum absolute atomic E-state index is 10.3. The number of nitrogens with zero attached hydrogens (tertiary/aromatic N) is 2. The maximum atomic E-state index is 10.3. The molecule has 0 aliphatic carbocycles. The zero-order valence-electron chi connectivity index (χ0n) is 5.60. The van der Waals surface area contributed by atoms with Crippen molar-refractivity contribution in [3.63, 3.8) is 0 Å². The minimum Gasteiger partial charge on any atom is -0.399 e. The van der Waals surface area contributed by atoms with Crippen molar-refractivity contribution >= 4 is 6.16 Å². The predicted octanol–water partition coefficient (Wildman–Crippen LogP) is 0.117. The number of carbonyl (C=O) groups is 1. The van der Waals surface area contributed by atoms with Gasteiger partial charge in [-0.3, -0.25) is 4.89 Å². The van der Waals surface area contributed by atoms with Crippen LogP contribution in [-0.4, -0.2) is 19.4 Å². The molecule has 0 bridgehead atoms. The highest BCUT2D eigenvalue weighted by Gasteiger charge is 2.13. The van der Waals surface area contributed by atoms with Gasteiger partial charge < -0.3 is 4.74 Å². The lowest BCUT2D eigenvalue weighted by molar-refractivity contribution is -0.232. The zero-order valence-corrected chi connectivity index (χ0v) is 5.60. The number of carbonyl (C=O) groups excluding carboxylic acids is 1. The lowest BCUT2D eigenvalue weighted by Crippen LogP contribution is -2.15. The van der Waals surface area contributed by atoms with Gasteiger partial charge in [0.25, 0.3) is 6.10 Å². The minimum atomic E-state index is -1.46. The molecular weight excluding hydrogens is 152 g/mol. The summed E-state index contributed by atoms with van der Waals surface area (Å²) in [6.45, 7) is 0. The molecule has 0 amide bonds. The first-order chi connectivity index (χ1) is 5.24. The number of hydrogen-bond donors (Lipinski definition) is 0. The molecule has 0 N–H and O–H groups in total. The first kappa shape index (κ1) is 9.21. The molecule has 0 aliphatic heterocycles. The van der Waals surface area contributed by atoms with E-state index in [-0.39, 0.29) is 0 Å². The molecule has 0 aromatic carbocycles. The summed E-state index contributed by atoms with van der Waals surface area (Å²) >= 11 is 0. The summed E-state index contributed by atoms with van der Waals surface area (Å²) in [4.78, 5) is 18.0. The Labute approximate surface area is 62.4 Å². The van der Waals surface area contributed by atoms with Gasteiger partial charge in [-0.25, -0.2) is 4.79 Å². The monoisotopic (exact) mass is 156 g/mol. The molecule has 0 saturated heterocycles. The van der Waals surface area contributed by atoms with Crippen LogP contribution in [0.3, 0.4) is 0 Å². The fourth-order valence-corrected chi connectivity index (χ4v) is 0.265. The van der Waals surface area contributed by atoms with Gasteiger partial charge in [-0.2, -0.15) is 15.4 Å². The summed E-state index contributed by atoms with van der Waals surface area (Å²) in [7, 11) is 1.09. The van der Waals surface area contributed by atoms with Gasteiger partial charge in [0.05, 0.1) is 7.11 Å². The van der Waals surface area contributed by atoms with E-state index in [9.17, 15) is 4.79 Å². The van der Waals surface area contributed by atoms with Gasteiger partial charge in [0, 0.05) is 0 Å². The topological polar surface area (TPSA) is 92.3 Å². The number of ether oxygens (including phenoxy) is 1. The third-order valence-electron chi connectivity index (χ3n) is 0.600. The molecule has 0 aromatic rings. The summed E-state index contributed by atoms with van der Waals surface area (Å²) in [5.41, 5.74) is 0. The van der Waals surface area contributed by atoms with Crippen LogP contribution in [-0.2, 0) is 14.5 Å². The third kappa shape index (κ3) is 3.73. The molecule has 0 aromatic heterocycles. The Hall–Kier alpha value is -1.79. The molecule has 0 radical (unpaired) electrons. The highest BCUT2D eigenvalue weighted by Crippen LogP contribution is 1.91. The molecule has 0 unspecified atom stereocenters. The van der Waals surface area contributed by atoms with E-state index in [1.54, 1.807) is 0 Å². The van der Waals surface area contributed by atoms with Crippen molar-refractivity contribution in [3.8, 4) is 12.1 Å². The Morgan fingerprint density at radius 2 is 2.00 bits per heavy atom. The maximum Gasteiger partial charge on any atom is 0.542 e. The van der Waals surface area contributed by atoms with E-state index in [1.807, 2.05) is 0 Å². The second kappa shape index (κ2) is 5.03. The summed E-state index contributed by atoms with van der Waals surface area (Å²) < 4.78 is 4.08. The largest absolute Gasteiger partial charge is 0.542 e. The molecular formula is C5H4N2O4. The smallest absolute Gasteiger partial charge is 0.399 e. The van der Waals surface area contributed by atoms with Crippen molar-refractivity contribution in [1.29, 1.82) is 10.5 Å². The fraction of sp³-hybridized carbons (Fsp3) is 0.400. The van der Waals surface area contributed by atoms with E-state index >= 15 is 0 Å². The molecule has 0 saturated carbocycles. The predicted molar refractivity (Wildman–Crippen MR) is 29.6 cm³/mol. The SMILES string of the molecule is COOC(=O)OC(C#N)C#N. The summed E-state index contributed by atoms with van der Waals surface area (Å²) in [5.74, 6) is 0. The van der Waals surface area contributed by atoms with Crippen LogP contribution in [0.4, 0.5) is 4.79 Å². The van der Waals surface area contributed by atoms with E-state index in [4.69, 9.17) is 10.5 Å².